The second-order valence-corrected chi connectivity index (χ2v) is 6.09. The molecule has 1 aromatic rings. The summed E-state index contributed by atoms with van der Waals surface area (Å²) in [6, 6.07) is 0.546. The Morgan fingerprint density at radius 1 is 1.58 bits per heavy atom. The third kappa shape index (κ3) is 3.73. The Morgan fingerprint density at radius 2 is 2.25 bits per heavy atom. The fourth-order valence-corrected chi connectivity index (χ4v) is 3.06. The van der Waals surface area contributed by atoms with Gasteiger partial charge in [0.05, 0.1) is 5.56 Å². The largest absolute Gasteiger partial charge is 0.433 e. The van der Waals surface area contributed by atoms with Gasteiger partial charge in [0.25, 0.3) is 5.91 Å². The Labute approximate surface area is 141 Å². The number of carbonyl (C=O) groups excluding carboxylic acids is 1. The summed E-state index contributed by atoms with van der Waals surface area (Å²) >= 11 is 5.84. The molecule has 2 atom stereocenters. The van der Waals surface area contributed by atoms with Crippen LogP contribution in [-0.4, -0.2) is 34.9 Å². The van der Waals surface area contributed by atoms with Crippen molar-refractivity contribution in [3.05, 3.63) is 38.5 Å². The normalized spacial score (nSPS) is 19.1. The van der Waals surface area contributed by atoms with Crippen LogP contribution in [0.3, 0.4) is 0 Å². The van der Waals surface area contributed by atoms with E-state index in [2.05, 4.69) is 15.0 Å². The molecule has 2 rings (SSSR count). The highest BCUT2D eigenvalue weighted by atomic mass is 35.5. The number of halogens is 4. The maximum absolute atomic E-state index is 12.7. The number of pyridine rings is 1. The first kappa shape index (κ1) is 18.4. The molecule has 0 radical (unpaired) electrons. The number of azide groups is 1. The lowest BCUT2D eigenvalue weighted by Gasteiger charge is -2.20. The molecular formula is C14H15ClF3N5O. The van der Waals surface area contributed by atoms with Crippen LogP contribution in [0, 0.1) is 12.8 Å². The lowest BCUT2D eigenvalue weighted by atomic mass is 10.0. The van der Waals surface area contributed by atoms with E-state index in [1.165, 1.54) is 11.8 Å². The van der Waals surface area contributed by atoms with Gasteiger partial charge < -0.3 is 4.90 Å². The highest BCUT2D eigenvalue weighted by molar-refractivity contribution is 6.32. The van der Waals surface area contributed by atoms with E-state index in [1.54, 1.807) is 6.92 Å². The topological polar surface area (TPSA) is 82.0 Å². The molecule has 1 fully saturated rings. The zero-order valence-corrected chi connectivity index (χ0v) is 13.8. The van der Waals surface area contributed by atoms with Crippen molar-refractivity contribution in [1.29, 1.82) is 0 Å². The van der Waals surface area contributed by atoms with Crippen molar-refractivity contribution >= 4 is 17.5 Å². The zero-order chi connectivity index (χ0) is 18.1. The molecule has 0 bridgehead atoms. The van der Waals surface area contributed by atoms with Crippen molar-refractivity contribution in [1.82, 2.24) is 9.88 Å². The van der Waals surface area contributed by atoms with Crippen LogP contribution in [0.1, 0.15) is 35.0 Å². The average Bonchev–Trinajstić information content (AvgIpc) is 2.95. The highest BCUT2D eigenvalue weighted by Gasteiger charge is 2.36. The third-order valence-corrected chi connectivity index (χ3v) is 4.38. The number of carbonyl (C=O) groups is 1. The molecule has 0 aliphatic carbocycles. The number of nitrogens with zero attached hydrogens (tertiary/aromatic N) is 5. The van der Waals surface area contributed by atoms with Crippen LogP contribution in [0.5, 0.6) is 0 Å². The fourth-order valence-electron chi connectivity index (χ4n) is 2.74. The van der Waals surface area contributed by atoms with E-state index < -0.39 is 22.9 Å². The van der Waals surface area contributed by atoms with Gasteiger partial charge in [-0.3, -0.25) is 4.79 Å². The van der Waals surface area contributed by atoms with E-state index >= 15 is 0 Å². The second-order valence-electron chi connectivity index (χ2n) is 5.73. The highest BCUT2D eigenvalue weighted by Crippen LogP contribution is 2.32. The van der Waals surface area contributed by atoms with Crippen LogP contribution >= 0.6 is 11.6 Å². The minimum absolute atomic E-state index is 0.00587. The average molecular weight is 362 g/mol. The molecule has 1 amide bonds. The van der Waals surface area contributed by atoms with E-state index in [4.69, 9.17) is 17.1 Å². The third-order valence-electron chi connectivity index (χ3n) is 4.10. The summed E-state index contributed by atoms with van der Waals surface area (Å²) in [5.74, 6) is -0.458. The molecule has 0 spiro atoms. The molecule has 1 saturated heterocycles. The predicted molar refractivity (Wildman–Crippen MR) is 81.6 cm³/mol. The molecule has 130 valence electrons. The smallest absolute Gasteiger partial charge is 0.338 e. The molecule has 1 unspecified atom stereocenters. The van der Waals surface area contributed by atoms with Crippen LogP contribution in [-0.2, 0) is 6.18 Å². The molecule has 6 nitrogen and oxygen atoms in total. The van der Waals surface area contributed by atoms with E-state index in [0.29, 0.717) is 19.5 Å². The van der Waals surface area contributed by atoms with Crippen molar-refractivity contribution in [2.45, 2.75) is 32.5 Å². The van der Waals surface area contributed by atoms with E-state index in [1.807, 2.05) is 0 Å². The first-order valence-electron chi connectivity index (χ1n) is 7.23. The van der Waals surface area contributed by atoms with Crippen molar-refractivity contribution in [2.24, 2.45) is 11.0 Å². The van der Waals surface area contributed by atoms with Gasteiger partial charge in [-0.25, -0.2) is 4.98 Å². The molecular weight excluding hydrogens is 347 g/mol. The van der Waals surface area contributed by atoms with E-state index in [9.17, 15) is 18.0 Å². The van der Waals surface area contributed by atoms with Crippen LogP contribution < -0.4 is 0 Å². The number of hydrogen-bond donors (Lipinski definition) is 0. The molecule has 0 saturated carbocycles. The lowest BCUT2D eigenvalue weighted by Crippen LogP contribution is -2.31. The van der Waals surface area contributed by atoms with Gasteiger partial charge in [-0.05, 0) is 36.4 Å². The Hall–Kier alpha value is -1.99. The summed E-state index contributed by atoms with van der Waals surface area (Å²) in [5, 5.41) is 3.17. The monoisotopic (exact) mass is 361 g/mol. The quantitative estimate of drug-likeness (QED) is 0.349. The summed E-state index contributed by atoms with van der Waals surface area (Å²) in [7, 11) is 0. The van der Waals surface area contributed by atoms with Gasteiger partial charge in [-0.1, -0.05) is 23.6 Å². The van der Waals surface area contributed by atoms with Crippen LogP contribution in [0.25, 0.3) is 10.4 Å². The molecule has 1 aliphatic heterocycles. The number of aryl methyl sites for hydroxylation is 1. The second kappa shape index (κ2) is 6.86. The number of rotatable bonds is 3. The summed E-state index contributed by atoms with van der Waals surface area (Å²) < 4.78 is 38.2. The van der Waals surface area contributed by atoms with Crippen LogP contribution in [0.4, 0.5) is 13.2 Å². The Balaban J connectivity index is 2.24. The Morgan fingerprint density at radius 3 is 2.79 bits per heavy atom. The maximum atomic E-state index is 12.7. The van der Waals surface area contributed by atoms with Gasteiger partial charge in [-0.2, -0.15) is 13.2 Å². The number of likely N-dealkylation sites (tertiary alicyclic amines) is 1. The van der Waals surface area contributed by atoms with Gasteiger partial charge in [0.2, 0.25) is 0 Å². The number of aromatic nitrogens is 1. The fraction of sp³-hybridized carbons (Fsp3) is 0.571. The van der Waals surface area contributed by atoms with Gasteiger partial charge in [0.1, 0.15) is 10.8 Å². The maximum Gasteiger partial charge on any atom is 0.433 e. The number of amides is 1. The Kier molecular flexibility index (Phi) is 5.25. The van der Waals surface area contributed by atoms with Crippen molar-refractivity contribution in [3.8, 4) is 0 Å². The molecule has 1 aliphatic rings. The molecule has 0 N–H and O–H groups in total. The van der Waals surface area contributed by atoms with Crippen LogP contribution in [0.15, 0.2) is 11.2 Å². The van der Waals surface area contributed by atoms with Crippen LogP contribution in [0.2, 0.25) is 5.15 Å². The molecule has 24 heavy (non-hydrogen) atoms. The van der Waals surface area contributed by atoms with E-state index in [0.717, 1.165) is 6.07 Å². The van der Waals surface area contributed by atoms with E-state index in [-0.39, 0.29) is 23.1 Å². The first-order valence-corrected chi connectivity index (χ1v) is 7.60. The van der Waals surface area contributed by atoms with Crippen molar-refractivity contribution in [2.75, 3.05) is 13.1 Å². The van der Waals surface area contributed by atoms with Gasteiger partial charge in [0, 0.05) is 24.0 Å². The minimum Gasteiger partial charge on any atom is -0.338 e. The standard InChI is InChI=1S/C14H15ClF3N5O/c1-7-5-10(14(16,17)18)20-12(15)11(7)13(24)23-4-3-9(6-23)8(2)21-22-19/h5,8-9H,3-4,6H2,1-2H3/t8?,9-/m0/s1. The molecule has 1 aromatic heterocycles. The lowest BCUT2D eigenvalue weighted by molar-refractivity contribution is -0.141. The summed E-state index contributed by atoms with van der Waals surface area (Å²) in [4.78, 5) is 20.2. The van der Waals surface area contributed by atoms with Crippen molar-refractivity contribution in [3.63, 3.8) is 0 Å². The number of hydrogen-bond acceptors (Lipinski definition) is 3. The molecule has 10 heteroatoms. The Bertz CT molecular complexity index is 679. The summed E-state index contributed by atoms with van der Waals surface area (Å²) in [6.07, 6.45) is -3.98. The first-order chi connectivity index (χ1) is 11.1. The zero-order valence-electron chi connectivity index (χ0n) is 13.0. The summed E-state index contributed by atoms with van der Waals surface area (Å²) in [5.41, 5.74) is 7.45. The minimum atomic E-state index is -4.63. The van der Waals surface area contributed by atoms with Crippen molar-refractivity contribution < 1.29 is 18.0 Å². The van der Waals surface area contributed by atoms with Gasteiger partial charge in [0.15, 0.2) is 0 Å². The summed E-state index contributed by atoms with van der Waals surface area (Å²) in [6.45, 7) is 3.93. The van der Waals surface area contributed by atoms with Gasteiger partial charge in [-0.15, -0.1) is 0 Å². The van der Waals surface area contributed by atoms with Gasteiger partial charge >= 0.3 is 6.18 Å². The molecule has 2 heterocycles. The number of alkyl halides is 3. The SMILES string of the molecule is Cc1cc(C(F)(F)F)nc(Cl)c1C(=O)N1CC[C@H](C(C)N=[N+]=[N-])C1. The predicted octanol–water partition coefficient (Wildman–Crippen LogP) is 4.22. The molecule has 0 aromatic carbocycles.